The molecule has 0 spiro atoms. The van der Waals surface area contributed by atoms with Crippen LogP contribution in [0, 0.1) is 0 Å². The molecule has 10 heteroatoms. The first-order valence-corrected chi connectivity index (χ1v) is 9.51. The van der Waals surface area contributed by atoms with Gasteiger partial charge in [-0.25, -0.2) is 4.79 Å². The van der Waals surface area contributed by atoms with Gasteiger partial charge in [-0.2, -0.15) is 0 Å². The Kier molecular flexibility index (Phi) is 9.24. The average molecular weight is 415 g/mol. The van der Waals surface area contributed by atoms with Crippen LogP contribution in [0.3, 0.4) is 0 Å². The van der Waals surface area contributed by atoms with Gasteiger partial charge in [-0.3, -0.25) is 0 Å². The molecule has 10 nitrogen and oxygen atoms in total. The maximum Gasteiger partial charge on any atom is 0.342 e. The SMILES string of the molecule is O=C(OC1O[C@H](CO)[C@@H](O)[C@H](O)[C@H]1O)c1ccccc1N(CCCO)CCCO. The quantitative estimate of drug-likeness (QED) is 0.241. The minimum atomic E-state index is -1.69. The lowest BCUT2D eigenvalue weighted by atomic mass is 9.99. The van der Waals surface area contributed by atoms with E-state index in [1.165, 1.54) is 6.07 Å². The number of para-hydroxylation sites is 1. The number of benzene rings is 1. The van der Waals surface area contributed by atoms with E-state index in [9.17, 15) is 25.2 Å². The molecule has 1 unspecified atom stereocenters. The monoisotopic (exact) mass is 415 g/mol. The number of carbonyl (C=O) groups is 1. The fourth-order valence-corrected chi connectivity index (χ4v) is 3.13. The molecule has 6 N–H and O–H groups in total. The van der Waals surface area contributed by atoms with Crippen LogP contribution >= 0.6 is 0 Å². The van der Waals surface area contributed by atoms with Crippen molar-refractivity contribution in [2.75, 3.05) is 37.8 Å². The smallest absolute Gasteiger partial charge is 0.342 e. The standard InChI is InChI=1S/C19H29NO9/c21-9-3-7-20(8-4-10-22)13-6-2-1-5-12(13)18(27)29-19-17(26)16(25)15(24)14(11-23)28-19/h1-2,5-6,14-17,19,21-26H,3-4,7-11H2/t14-,15-,16+,17-,19?/m1/s1. The Morgan fingerprint density at radius 2 is 1.59 bits per heavy atom. The molecule has 1 saturated heterocycles. The number of ether oxygens (including phenoxy) is 2. The van der Waals surface area contributed by atoms with Gasteiger partial charge in [-0.05, 0) is 25.0 Å². The van der Waals surface area contributed by atoms with Crippen LogP contribution in [-0.4, -0.2) is 100 Å². The second-order valence-corrected chi connectivity index (χ2v) is 6.76. The number of aliphatic hydroxyl groups is 6. The number of esters is 1. The van der Waals surface area contributed by atoms with Crippen LogP contribution < -0.4 is 4.90 Å². The summed E-state index contributed by atoms with van der Waals surface area (Å²) in [6.07, 6.45) is -6.74. The zero-order valence-corrected chi connectivity index (χ0v) is 16.0. The first-order valence-electron chi connectivity index (χ1n) is 9.51. The third kappa shape index (κ3) is 5.86. The molecule has 164 valence electrons. The van der Waals surface area contributed by atoms with E-state index in [-0.39, 0.29) is 18.8 Å². The minimum absolute atomic E-state index is 0.0346. The van der Waals surface area contributed by atoms with Gasteiger partial charge < -0.3 is 45.0 Å². The topological polar surface area (TPSA) is 160 Å². The van der Waals surface area contributed by atoms with Gasteiger partial charge in [0, 0.05) is 26.3 Å². The van der Waals surface area contributed by atoms with Crippen LogP contribution in [0.5, 0.6) is 0 Å². The molecule has 0 aromatic heterocycles. The van der Waals surface area contributed by atoms with Crippen LogP contribution in [-0.2, 0) is 9.47 Å². The molecule has 2 rings (SSSR count). The number of hydrogen-bond donors (Lipinski definition) is 6. The number of rotatable bonds is 10. The highest BCUT2D eigenvalue weighted by molar-refractivity contribution is 5.96. The molecule has 1 aromatic carbocycles. The van der Waals surface area contributed by atoms with Crippen LogP contribution in [0.4, 0.5) is 5.69 Å². The van der Waals surface area contributed by atoms with Crippen molar-refractivity contribution in [1.29, 1.82) is 0 Å². The lowest BCUT2D eigenvalue weighted by Crippen LogP contribution is -2.59. The Morgan fingerprint density at radius 1 is 0.966 bits per heavy atom. The van der Waals surface area contributed by atoms with E-state index in [2.05, 4.69) is 0 Å². The van der Waals surface area contributed by atoms with Crippen molar-refractivity contribution in [2.24, 2.45) is 0 Å². The molecule has 1 aromatic rings. The fraction of sp³-hybridized carbons (Fsp3) is 0.632. The van der Waals surface area contributed by atoms with E-state index in [4.69, 9.17) is 19.7 Å². The minimum Gasteiger partial charge on any atom is -0.429 e. The van der Waals surface area contributed by atoms with E-state index in [1.54, 1.807) is 18.2 Å². The van der Waals surface area contributed by atoms with Crippen LogP contribution in [0.15, 0.2) is 24.3 Å². The number of nitrogens with zero attached hydrogens (tertiary/aromatic N) is 1. The summed E-state index contributed by atoms with van der Waals surface area (Å²) in [6.45, 7) is 0.188. The molecule has 0 radical (unpaired) electrons. The fourth-order valence-electron chi connectivity index (χ4n) is 3.13. The molecule has 0 bridgehead atoms. The van der Waals surface area contributed by atoms with E-state index in [0.29, 0.717) is 31.6 Å². The maximum atomic E-state index is 12.8. The lowest BCUT2D eigenvalue weighted by Gasteiger charge is -2.39. The van der Waals surface area contributed by atoms with Crippen molar-refractivity contribution in [3.8, 4) is 0 Å². The van der Waals surface area contributed by atoms with Crippen molar-refractivity contribution in [2.45, 2.75) is 43.5 Å². The van der Waals surface area contributed by atoms with Crippen LogP contribution in [0.1, 0.15) is 23.2 Å². The van der Waals surface area contributed by atoms with E-state index < -0.39 is 43.3 Å². The highest BCUT2D eigenvalue weighted by Gasteiger charge is 2.45. The number of anilines is 1. The van der Waals surface area contributed by atoms with E-state index in [1.807, 2.05) is 4.90 Å². The normalized spacial score (nSPS) is 26.9. The first kappa shape index (κ1) is 23.5. The molecule has 1 aliphatic rings. The summed E-state index contributed by atoms with van der Waals surface area (Å²) in [5.41, 5.74) is 0.685. The second-order valence-electron chi connectivity index (χ2n) is 6.76. The predicted octanol–water partition coefficient (Wildman–Crippen LogP) is -1.79. The van der Waals surface area contributed by atoms with Gasteiger partial charge in [0.05, 0.1) is 17.9 Å². The Labute approximate surface area is 168 Å². The second kappa shape index (κ2) is 11.4. The number of aliphatic hydroxyl groups excluding tert-OH is 6. The third-order valence-corrected chi connectivity index (χ3v) is 4.71. The molecular formula is C19H29NO9. The summed E-state index contributed by atoms with van der Waals surface area (Å²) in [5, 5.41) is 57.3. The predicted molar refractivity (Wildman–Crippen MR) is 101 cm³/mol. The van der Waals surface area contributed by atoms with E-state index in [0.717, 1.165) is 0 Å². The summed E-state index contributed by atoms with van der Waals surface area (Å²) in [7, 11) is 0. The lowest BCUT2D eigenvalue weighted by molar-refractivity contribution is -0.285. The van der Waals surface area contributed by atoms with E-state index >= 15 is 0 Å². The number of hydrogen-bond acceptors (Lipinski definition) is 10. The average Bonchev–Trinajstić information content (AvgIpc) is 2.74. The van der Waals surface area contributed by atoms with Gasteiger partial charge in [-0.15, -0.1) is 0 Å². The summed E-state index contributed by atoms with van der Waals surface area (Å²) in [4.78, 5) is 14.6. The molecule has 29 heavy (non-hydrogen) atoms. The zero-order chi connectivity index (χ0) is 21.4. The third-order valence-electron chi connectivity index (χ3n) is 4.71. The maximum absolute atomic E-state index is 12.8. The number of carbonyl (C=O) groups excluding carboxylic acids is 1. The molecular weight excluding hydrogens is 386 g/mol. The van der Waals surface area contributed by atoms with Crippen LogP contribution in [0.25, 0.3) is 0 Å². The molecule has 5 atom stereocenters. The molecule has 1 heterocycles. The van der Waals surface area contributed by atoms with Gasteiger partial charge in [0.1, 0.15) is 24.4 Å². The van der Waals surface area contributed by atoms with Crippen molar-refractivity contribution >= 4 is 11.7 Å². The molecule has 0 amide bonds. The highest BCUT2D eigenvalue weighted by Crippen LogP contribution is 2.26. The molecule has 0 aliphatic carbocycles. The Balaban J connectivity index is 2.20. The summed E-state index contributed by atoms with van der Waals surface area (Å²) < 4.78 is 10.4. The highest BCUT2D eigenvalue weighted by atomic mass is 16.7. The van der Waals surface area contributed by atoms with Gasteiger partial charge in [-0.1, -0.05) is 12.1 Å². The zero-order valence-electron chi connectivity index (χ0n) is 16.0. The van der Waals surface area contributed by atoms with Crippen molar-refractivity contribution in [1.82, 2.24) is 0 Å². The van der Waals surface area contributed by atoms with Gasteiger partial charge in [0.15, 0.2) is 0 Å². The molecule has 0 saturated carbocycles. The Morgan fingerprint density at radius 3 is 2.17 bits per heavy atom. The van der Waals surface area contributed by atoms with Gasteiger partial charge in [0.2, 0.25) is 6.29 Å². The molecule has 1 aliphatic heterocycles. The Bertz CT molecular complexity index is 634. The van der Waals surface area contributed by atoms with Crippen LogP contribution in [0.2, 0.25) is 0 Å². The van der Waals surface area contributed by atoms with Crippen molar-refractivity contribution in [3.63, 3.8) is 0 Å². The summed E-state index contributed by atoms with van der Waals surface area (Å²) in [5.74, 6) is -0.831. The Hall–Kier alpha value is -1.79. The summed E-state index contributed by atoms with van der Waals surface area (Å²) in [6, 6.07) is 6.57. The largest absolute Gasteiger partial charge is 0.429 e. The first-order chi connectivity index (χ1) is 13.9. The summed E-state index contributed by atoms with van der Waals surface area (Å²) >= 11 is 0. The van der Waals surface area contributed by atoms with Gasteiger partial charge in [0.25, 0.3) is 0 Å². The van der Waals surface area contributed by atoms with Crippen molar-refractivity contribution in [3.05, 3.63) is 29.8 Å². The molecule has 1 fully saturated rings. The van der Waals surface area contributed by atoms with Gasteiger partial charge >= 0.3 is 5.97 Å². The van der Waals surface area contributed by atoms with Crippen molar-refractivity contribution < 1.29 is 44.9 Å².